The monoisotopic (exact) mass is 288 g/mol. The Kier molecular flexibility index (Phi) is 4.44. The summed E-state index contributed by atoms with van der Waals surface area (Å²) in [6.07, 6.45) is -0.852. The average molecular weight is 288 g/mol. The first-order chi connectivity index (χ1) is 8.60. The lowest BCUT2D eigenvalue weighted by Crippen LogP contribution is -2.50. The van der Waals surface area contributed by atoms with Crippen LogP contribution in [0.3, 0.4) is 0 Å². The minimum atomic E-state index is -3.84. The Hall–Kier alpha value is -1.31. The molecule has 1 aromatic carbocycles. The number of nitrogens with two attached hydrogens (primary N) is 1. The van der Waals surface area contributed by atoms with Crippen LogP contribution in [-0.2, 0) is 10.0 Å². The van der Waals surface area contributed by atoms with Gasteiger partial charge in [0.05, 0.1) is 18.8 Å². The van der Waals surface area contributed by atoms with E-state index in [1.165, 1.54) is 26.2 Å². The molecule has 1 unspecified atom stereocenters. The molecule has 108 valence electrons. The molecule has 1 aromatic rings. The maximum absolute atomic E-state index is 12.3. The second-order valence-electron chi connectivity index (χ2n) is 4.91. The minimum absolute atomic E-state index is 0.0521. The number of hydrogen-bond donors (Lipinski definition) is 3. The fraction of sp³-hybridized carbons (Fsp3) is 0.500. The summed E-state index contributed by atoms with van der Waals surface area (Å²) in [7, 11) is -2.46. The molecule has 0 aliphatic carbocycles. The summed E-state index contributed by atoms with van der Waals surface area (Å²) >= 11 is 0. The number of benzene rings is 1. The molecular formula is C12H20N2O4S. The molecule has 0 aliphatic heterocycles. The molecule has 0 spiro atoms. The van der Waals surface area contributed by atoms with E-state index < -0.39 is 21.7 Å². The lowest BCUT2D eigenvalue weighted by atomic mass is 10.0. The topological polar surface area (TPSA) is 102 Å². The highest BCUT2D eigenvalue weighted by Gasteiger charge is 2.32. The van der Waals surface area contributed by atoms with Gasteiger partial charge in [0.2, 0.25) is 10.0 Å². The van der Waals surface area contributed by atoms with E-state index in [0.29, 0.717) is 5.69 Å². The number of rotatable bonds is 5. The number of sulfonamides is 1. The standard InChI is InChI=1S/C12H20N2O4S/c1-8(15)12(2,3)14-19(16,17)11-7-9(13)5-6-10(11)18-4/h5-8,14-15H,13H2,1-4H3. The van der Waals surface area contributed by atoms with Crippen molar-refractivity contribution in [3.63, 3.8) is 0 Å². The molecule has 1 atom stereocenters. The fourth-order valence-electron chi connectivity index (χ4n) is 1.39. The molecule has 0 fully saturated rings. The van der Waals surface area contributed by atoms with Crippen molar-refractivity contribution in [1.82, 2.24) is 4.72 Å². The summed E-state index contributed by atoms with van der Waals surface area (Å²) in [4.78, 5) is -0.0521. The van der Waals surface area contributed by atoms with Gasteiger partial charge < -0.3 is 15.6 Å². The molecular weight excluding hydrogens is 268 g/mol. The third-order valence-corrected chi connectivity index (χ3v) is 4.61. The Balaban J connectivity index is 3.25. The zero-order chi connectivity index (χ0) is 14.8. The third kappa shape index (κ3) is 3.59. The van der Waals surface area contributed by atoms with E-state index in [2.05, 4.69) is 4.72 Å². The van der Waals surface area contributed by atoms with E-state index in [0.717, 1.165) is 0 Å². The van der Waals surface area contributed by atoms with Crippen LogP contribution in [0.25, 0.3) is 0 Å². The predicted octanol–water partition coefficient (Wildman–Crippen LogP) is 0.715. The zero-order valence-electron chi connectivity index (χ0n) is 11.5. The molecule has 4 N–H and O–H groups in total. The Morgan fingerprint density at radius 2 is 2.00 bits per heavy atom. The quantitative estimate of drug-likeness (QED) is 0.693. The van der Waals surface area contributed by atoms with Crippen LogP contribution in [0.15, 0.2) is 23.1 Å². The Morgan fingerprint density at radius 3 is 2.47 bits per heavy atom. The van der Waals surface area contributed by atoms with Gasteiger partial charge in [0.1, 0.15) is 10.6 Å². The number of aliphatic hydroxyl groups excluding tert-OH is 1. The Bertz CT molecular complexity index is 553. The van der Waals surface area contributed by atoms with Crippen molar-refractivity contribution >= 4 is 15.7 Å². The highest BCUT2D eigenvalue weighted by Crippen LogP contribution is 2.27. The van der Waals surface area contributed by atoms with Crippen LogP contribution in [-0.4, -0.2) is 32.3 Å². The van der Waals surface area contributed by atoms with Crippen LogP contribution in [0.4, 0.5) is 5.69 Å². The van der Waals surface area contributed by atoms with Gasteiger partial charge in [-0.1, -0.05) is 0 Å². The molecule has 0 amide bonds. The van der Waals surface area contributed by atoms with Crippen LogP contribution >= 0.6 is 0 Å². The van der Waals surface area contributed by atoms with E-state index in [-0.39, 0.29) is 10.6 Å². The smallest absolute Gasteiger partial charge is 0.244 e. The van der Waals surface area contributed by atoms with Crippen molar-refractivity contribution in [1.29, 1.82) is 0 Å². The van der Waals surface area contributed by atoms with Crippen LogP contribution in [0.5, 0.6) is 5.75 Å². The molecule has 0 saturated carbocycles. The number of hydrogen-bond acceptors (Lipinski definition) is 5. The maximum atomic E-state index is 12.3. The van der Waals surface area contributed by atoms with Gasteiger partial charge in [-0.15, -0.1) is 0 Å². The van der Waals surface area contributed by atoms with Crippen molar-refractivity contribution < 1.29 is 18.3 Å². The molecule has 19 heavy (non-hydrogen) atoms. The largest absolute Gasteiger partial charge is 0.495 e. The zero-order valence-corrected chi connectivity index (χ0v) is 12.3. The van der Waals surface area contributed by atoms with Crippen LogP contribution in [0.2, 0.25) is 0 Å². The molecule has 0 heterocycles. The highest BCUT2D eigenvalue weighted by molar-refractivity contribution is 7.89. The summed E-state index contributed by atoms with van der Waals surface area (Å²) in [5.41, 5.74) is 4.92. The van der Waals surface area contributed by atoms with Gasteiger partial charge in [0, 0.05) is 5.69 Å². The highest BCUT2D eigenvalue weighted by atomic mass is 32.2. The van der Waals surface area contributed by atoms with Gasteiger partial charge in [-0.2, -0.15) is 0 Å². The van der Waals surface area contributed by atoms with E-state index in [1.54, 1.807) is 19.9 Å². The van der Waals surface area contributed by atoms with E-state index in [9.17, 15) is 13.5 Å². The Morgan fingerprint density at radius 1 is 1.42 bits per heavy atom. The van der Waals surface area contributed by atoms with Crippen LogP contribution < -0.4 is 15.2 Å². The number of methoxy groups -OCH3 is 1. The van der Waals surface area contributed by atoms with Crippen molar-refractivity contribution in [2.75, 3.05) is 12.8 Å². The van der Waals surface area contributed by atoms with E-state index in [4.69, 9.17) is 10.5 Å². The molecule has 1 rings (SSSR count). The third-order valence-electron chi connectivity index (χ3n) is 2.92. The average Bonchev–Trinajstić information content (AvgIpc) is 2.27. The Labute approximate surface area is 113 Å². The summed E-state index contributed by atoms with van der Waals surface area (Å²) < 4.78 is 32.1. The first kappa shape index (κ1) is 15.7. The molecule has 6 nitrogen and oxygen atoms in total. The minimum Gasteiger partial charge on any atom is -0.495 e. The van der Waals surface area contributed by atoms with Crippen molar-refractivity contribution in [3.05, 3.63) is 18.2 Å². The second-order valence-corrected chi connectivity index (χ2v) is 6.56. The molecule has 0 bridgehead atoms. The summed E-state index contributed by atoms with van der Waals surface area (Å²) in [5.74, 6) is 0.197. The predicted molar refractivity (Wildman–Crippen MR) is 73.5 cm³/mol. The van der Waals surface area contributed by atoms with E-state index in [1.807, 2.05) is 0 Å². The van der Waals surface area contributed by atoms with Crippen LogP contribution in [0.1, 0.15) is 20.8 Å². The SMILES string of the molecule is COc1ccc(N)cc1S(=O)(=O)NC(C)(C)C(C)O. The summed E-state index contributed by atoms with van der Waals surface area (Å²) in [5, 5.41) is 9.59. The van der Waals surface area contributed by atoms with Crippen LogP contribution in [0, 0.1) is 0 Å². The van der Waals surface area contributed by atoms with Gasteiger partial charge in [0.25, 0.3) is 0 Å². The van der Waals surface area contributed by atoms with Gasteiger partial charge in [-0.25, -0.2) is 13.1 Å². The maximum Gasteiger partial charge on any atom is 0.244 e. The second kappa shape index (κ2) is 5.36. The number of nitrogen functional groups attached to an aromatic ring is 1. The molecule has 7 heteroatoms. The lowest BCUT2D eigenvalue weighted by Gasteiger charge is -2.29. The van der Waals surface area contributed by atoms with Gasteiger partial charge in [-0.3, -0.25) is 0 Å². The molecule has 0 saturated heterocycles. The number of aliphatic hydroxyl groups is 1. The van der Waals surface area contributed by atoms with Crippen molar-refractivity contribution in [3.8, 4) is 5.75 Å². The first-order valence-electron chi connectivity index (χ1n) is 5.75. The molecule has 0 aliphatic rings. The number of nitrogens with one attached hydrogen (secondary N) is 1. The summed E-state index contributed by atoms with van der Waals surface area (Å²) in [6.45, 7) is 4.70. The van der Waals surface area contributed by atoms with Gasteiger partial charge >= 0.3 is 0 Å². The number of anilines is 1. The molecule has 0 aromatic heterocycles. The fourth-order valence-corrected chi connectivity index (χ4v) is 3.07. The first-order valence-corrected chi connectivity index (χ1v) is 7.24. The van der Waals surface area contributed by atoms with Gasteiger partial charge in [0.15, 0.2) is 0 Å². The van der Waals surface area contributed by atoms with Gasteiger partial charge in [-0.05, 0) is 39.0 Å². The normalized spacial score (nSPS) is 14.2. The van der Waals surface area contributed by atoms with E-state index >= 15 is 0 Å². The number of ether oxygens (including phenoxy) is 1. The van der Waals surface area contributed by atoms with Crippen molar-refractivity contribution in [2.24, 2.45) is 0 Å². The van der Waals surface area contributed by atoms with Crippen molar-refractivity contribution in [2.45, 2.75) is 37.3 Å². The summed E-state index contributed by atoms with van der Waals surface area (Å²) in [6, 6.07) is 4.36. The molecule has 0 radical (unpaired) electrons. The lowest BCUT2D eigenvalue weighted by molar-refractivity contribution is 0.111.